The van der Waals surface area contributed by atoms with E-state index in [1.165, 1.54) is 7.11 Å². The Bertz CT molecular complexity index is 913. The van der Waals surface area contributed by atoms with E-state index in [0.29, 0.717) is 38.1 Å². The fourth-order valence-corrected chi connectivity index (χ4v) is 2.78. The van der Waals surface area contributed by atoms with E-state index >= 15 is 0 Å². The summed E-state index contributed by atoms with van der Waals surface area (Å²) in [6, 6.07) is 12.1. The van der Waals surface area contributed by atoms with Gasteiger partial charge < -0.3 is 14.0 Å². The van der Waals surface area contributed by atoms with Crippen LogP contribution in [0.1, 0.15) is 16.2 Å². The summed E-state index contributed by atoms with van der Waals surface area (Å²) >= 11 is 9.47. The van der Waals surface area contributed by atoms with Crippen molar-refractivity contribution in [2.45, 2.75) is 6.61 Å². The summed E-state index contributed by atoms with van der Waals surface area (Å²) in [6.07, 6.45) is 0. The van der Waals surface area contributed by atoms with Gasteiger partial charge in [0.15, 0.2) is 6.61 Å². The smallest absolute Gasteiger partial charge is 0.337 e. The van der Waals surface area contributed by atoms with Gasteiger partial charge in [-0.2, -0.15) is 4.98 Å². The quantitative estimate of drug-likeness (QED) is 0.562. The number of nitrogens with zero attached hydrogens (tertiary/aromatic N) is 2. The molecule has 0 spiro atoms. The van der Waals surface area contributed by atoms with Crippen LogP contribution < -0.4 is 4.74 Å². The summed E-state index contributed by atoms with van der Waals surface area (Å²) in [5.41, 5.74) is 1.10. The average molecular weight is 424 g/mol. The van der Waals surface area contributed by atoms with Crippen LogP contribution >= 0.6 is 27.5 Å². The first-order valence-corrected chi connectivity index (χ1v) is 8.33. The molecule has 1 aromatic heterocycles. The van der Waals surface area contributed by atoms with E-state index in [1.54, 1.807) is 30.3 Å². The van der Waals surface area contributed by atoms with Crippen LogP contribution in [0.2, 0.25) is 5.02 Å². The van der Waals surface area contributed by atoms with Crippen LogP contribution in [0, 0.1) is 0 Å². The molecule has 0 saturated carbocycles. The first kappa shape index (κ1) is 17.4. The van der Waals surface area contributed by atoms with E-state index in [9.17, 15) is 4.79 Å². The van der Waals surface area contributed by atoms with E-state index in [0.717, 1.165) is 0 Å². The lowest BCUT2D eigenvalue weighted by molar-refractivity contribution is 0.0600. The molecule has 8 heteroatoms. The Labute approximate surface area is 156 Å². The second-order valence-corrected chi connectivity index (χ2v) is 6.18. The molecular weight excluding hydrogens is 412 g/mol. The summed E-state index contributed by atoms with van der Waals surface area (Å²) in [6.45, 7) is 0.0770. The number of ether oxygens (including phenoxy) is 2. The Morgan fingerprint density at radius 3 is 2.80 bits per heavy atom. The van der Waals surface area contributed by atoms with Crippen LogP contribution in [0.25, 0.3) is 11.4 Å². The minimum atomic E-state index is -0.423. The normalized spacial score (nSPS) is 10.5. The van der Waals surface area contributed by atoms with Crippen LogP contribution in [0.3, 0.4) is 0 Å². The number of halogens is 2. The molecule has 0 unspecified atom stereocenters. The standard InChI is InChI=1S/C17H12BrClN2O4/c1-23-17(22)10-6-7-14(12(18)8-10)24-9-15-20-16(21-25-15)11-4-2-3-5-13(11)19/h2-8H,9H2,1H3. The van der Waals surface area contributed by atoms with Crippen molar-refractivity contribution in [3.05, 3.63) is 63.4 Å². The molecule has 0 fully saturated rings. The number of carbonyl (C=O) groups excluding carboxylic acids is 1. The number of aromatic nitrogens is 2. The number of methoxy groups -OCH3 is 1. The Morgan fingerprint density at radius 1 is 1.28 bits per heavy atom. The second kappa shape index (κ2) is 7.67. The highest BCUT2D eigenvalue weighted by Gasteiger charge is 2.13. The Balaban J connectivity index is 1.71. The molecule has 0 saturated heterocycles. The highest BCUT2D eigenvalue weighted by atomic mass is 79.9. The number of esters is 1. The molecule has 0 bridgehead atoms. The van der Waals surface area contributed by atoms with Gasteiger partial charge >= 0.3 is 5.97 Å². The zero-order chi connectivity index (χ0) is 17.8. The maximum atomic E-state index is 11.5. The van der Waals surface area contributed by atoms with Gasteiger partial charge in [0.05, 0.1) is 22.2 Å². The maximum Gasteiger partial charge on any atom is 0.337 e. The van der Waals surface area contributed by atoms with Crippen molar-refractivity contribution in [1.29, 1.82) is 0 Å². The summed E-state index contributed by atoms with van der Waals surface area (Å²) in [5, 5.41) is 4.45. The highest BCUT2D eigenvalue weighted by molar-refractivity contribution is 9.10. The van der Waals surface area contributed by atoms with Crippen molar-refractivity contribution < 1.29 is 18.8 Å². The third kappa shape index (κ3) is 4.00. The monoisotopic (exact) mass is 422 g/mol. The van der Waals surface area contributed by atoms with E-state index in [-0.39, 0.29) is 6.61 Å². The van der Waals surface area contributed by atoms with Crippen LogP contribution in [0.4, 0.5) is 0 Å². The fourth-order valence-electron chi connectivity index (χ4n) is 2.07. The van der Waals surface area contributed by atoms with Gasteiger partial charge in [0.25, 0.3) is 5.89 Å². The number of hydrogen-bond donors (Lipinski definition) is 0. The van der Waals surface area contributed by atoms with Crippen molar-refractivity contribution in [3.8, 4) is 17.1 Å². The van der Waals surface area contributed by atoms with E-state index in [2.05, 4.69) is 30.8 Å². The third-order valence-corrected chi connectivity index (χ3v) is 4.24. The SMILES string of the molecule is COC(=O)c1ccc(OCc2nc(-c3ccccc3Cl)no2)c(Br)c1. The highest BCUT2D eigenvalue weighted by Crippen LogP contribution is 2.28. The topological polar surface area (TPSA) is 74.5 Å². The van der Waals surface area contributed by atoms with Gasteiger partial charge in [-0.3, -0.25) is 0 Å². The molecule has 2 aromatic carbocycles. The number of benzene rings is 2. The Morgan fingerprint density at radius 2 is 2.08 bits per heavy atom. The van der Waals surface area contributed by atoms with Crippen molar-refractivity contribution in [2.24, 2.45) is 0 Å². The van der Waals surface area contributed by atoms with Crippen LogP contribution in [0.15, 0.2) is 51.5 Å². The molecule has 3 rings (SSSR count). The molecular formula is C17H12BrClN2O4. The largest absolute Gasteiger partial charge is 0.483 e. The van der Waals surface area contributed by atoms with Gasteiger partial charge in [0.2, 0.25) is 5.82 Å². The van der Waals surface area contributed by atoms with Crippen LogP contribution in [0.5, 0.6) is 5.75 Å². The summed E-state index contributed by atoms with van der Waals surface area (Å²) in [7, 11) is 1.33. The maximum absolute atomic E-state index is 11.5. The van der Waals surface area contributed by atoms with Gasteiger partial charge in [-0.25, -0.2) is 4.79 Å². The summed E-state index contributed by atoms with van der Waals surface area (Å²) in [5.74, 6) is 0.807. The van der Waals surface area contributed by atoms with Gasteiger partial charge in [-0.15, -0.1) is 0 Å². The fraction of sp³-hybridized carbons (Fsp3) is 0.118. The van der Waals surface area contributed by atoms with Gasteiger partial charge in [0, 0.05) is 5.56 Å². The predicted molar refractivity (Wildman–Crippen MR) is 94.6 cm³/mol. The molecule has 6 nitrogen and oxygen atoms in total. The molecule has 0 aliphatic rings. The van der Waals surface area contributed by atoms with E-state index in [1.807, 2.05) is 12.1 Å². The summed E-state index contributed by atoms with van der Waals surface area (Å²) < 4.78 is 16.1. The Kier molecular flexibility index (Phi) is 5.35. The molecule has 0 atom stereocenters. The molecule has 1 heterocycles. The van der Waals surface area contributed by atoms with Crippen molar-refractivity contribution in [3.63, 3.8) is 0 Å². The average Bonchev–Trinajstić information content (AvgIpc) is 3.09. The molecule has 0 aliphatic carbocycles. The van der Waals surface area contributed by atoms with Crippen LogP contribution in [-0.4, -0.2) is 23.2 Å². The number of rotatable bonds is 5. The van der Waals surface area contributed by atoms with Crippen molar-refractivity contribution in [2.75, 3.05) is 7.11 Å². The van der Waals surface area contributed by atoms with E-state index < -0.39 is 5.97 Å². The third-order valence-electron chi connectivity index (χ3n) is 3.29. The lowest BCUT2D eigenvalue weighted by atomic mass is 10.2. The number of hydrogen-bond acceptors (Lipinski definition) is 6. The van der Waals surface area contributed by atoms with Gasteiger partial charge in [0.1, 0.15) is 5.75 Å². The molecule has 128 valence electrons. The second-order valence-electron chi connectivity index (χ2n) is 4.92. The van der Waals surface area contributed by atoms with Gasteiger partial charge in [-0.05, 0) is 46.3 Å². The first-order chi connectivity index (χ1) is 12.1. The molecule has 0 aliphatic heterocycles. The van der Waals surface area contributed by atoms with Crippen molar-refractivity contribution >= 4 is 33.5 Å². The molecule has 25 heavy (non-hydrogen) atoms. The molecule has 3 aromatic rings. The zero-order valence-corrected chi connectivity index (χ0v) is 15.4. The zero-order valence-electron chi connectivity index (χ0n) is 13.0. The minimum Gasteiger partial charge on any atom is -0.483 e. The van der Waals surface area contributed by atoms with E-state index in [4.69, 9.17) is 20.9 Å². The predicted octanol–water partition coefficient (Wildman–Crippen LogP) is 4.52. The lowest BCUT2D eigenvalue weighted by Gasteiger charge is -2.07. The Hall–Kier alpha value is -2.38. The van der Waals surface area contributed by atoms with Crippen molar-refractivity contribution in [1.82, 2.24) is 10.1 Å². The first-order valence-electron chi connectivity index (χ1n) is 7.16. The molecule has 0 radical (unpaired) electrons. The molecule has 0 N–H and O–H groups in total. The molecule has 0 amide bonds. The van der Waals surface area contributed by atoms with Gasteiger partial charge in [-0.1, -0.05) is 28.9 Å². The minimum absolute atomic E-state index is 0.0770. The summed E-state index contributed by atoms with van der Waals surface area (Å²) in [4.78, 5) is 15.8. The van der Waals surface area contributed by atoms with Crippen LogP contribution in [-0.2, 0) is 11.3 Å². The lowest BCUT2D eigenvalue weighted by Crippen LogP contribution is -2.02. The number of carbonyl (C=O) groups is 1.